The highest BCUT2D eigenvalue weighted by molar-refractivity contribution is 7.11. The molecule has 0 unspecified atom stereocenters. The van der Waals surface area contributed by atoms with Gasteiger partial charge in [-0.05, 0) is 38.5 Å². The predicted octanol–water partition coefficient (Wildman–Crippen LogP) is 4.87. The number of amides is 2. The molecule has 0 spiro atoms. The molecule has 0 aliphatic rings. The van der Waals surface area contributed by atoms with Gasteiger partial charge in [-0.3, -0.25) is 9.59 Å². The van der Waals surface area contributed by atoms with Crippen molar-refractivity contribution in [2.75, 3.05) is 6.54 Å². The summed E-state index contributed by atoms with van der Waals surface area (Å²) < 4.78 is 0. The highest BCUT2D eigenvalue weighted by Gasteiger charge is 2.31. The van der Waals surface area contributed by atoms with Crippen LogP contribution in [0.3, 0.4) is 0 Å². The first-order valence-corrected chi connectivity index (χ1v) is 10.6. The van der Waals surface area contributed by atoms with Crippen molar-refractivity contribution in [3.8, 4) is 0 Å². The molecule has 1 heterocycles. The summed E-state index contributed by atoms with van der Waals surface area (Å²) in [6, 6.07) is 14.1. The predicted molar refractivity (Wildman–Crippen MR) is 116 cm³/mol. The first-order valence-electron chi connectivity index (χ1n) is 9.76. The summed E-state index contributed by atoms with van der Waals surface area (Å²) in [4.78, 5) is 32.0. The molecule has 0 fully saturated rings. The van der Waals surface area contributed by atoms with Crippen LogP contribution in [0.5, 0.6) is 0 Å². The minimum Gasteiger partial charge on any atom is -0.332 e. The zero-order chi connectivity index (χ0) is 20.9. The third-order valence-electron chi connectivity index (χ3n) is 4.54. The molecule has 2 aromatic rings. The first-order chi connectivity index (χ1) is 13.1. The Balaban J connectivity index is 2.22. The lowest BCUT2D eigenvalue weighted by molar-refractivity contribution is -0.147. The monoisotopic (exact) mass is 400 g/mol. The molecule has 0 atom stereocenters. The van der Waals surface area contributed by atoms with Gasteiger partial charge in [0.25, 0.3) is 0 Å². The number of thiophene rings is 1. The Labute approximate surface area is 173 Å². The second kappa shape index (κ2) is 9.37. The Bertz CT molecular complexity index is 790. The molecule has 2 rings (SSSR count). The Kier molecular flexibility index (Phi) is 7.41. The molecule has 1 aromatic carbocycles. The molecule has 2 amide bonds. The van der Waals surface area contributed by atoms with Gasteiger partial charge in [0.15, 0.2) is 0 Å². The molecular weight excluding hydrogens is 368 g/mol. The van der Waals surface area contributed by atoms with Crippen molar-refractivity contribution < 1.29 is 9.59 Å². The number of hydrogen-bond acceptors (Lipinski definition) is 3. The zero-order valence-corrected chi connectivity index (χ0v) is 18.7. The largest absolute Gasteiger partial charge is 0.332 e. The van der Waals surface area contributed by atoms with Crippen molar-refractivity contribution in [2.24, 2.45) is 5.41 Å². The SMILES string of the molecule is Cc1ccc(CN(Cc2ccccc2)C(=O)CN(C(=O)C(C)(C)C)C(C)C)s1. The van der Waals surface area contributed by atoms with E-state index in [2.05, 4.69) is 19.1 Å². The van der Waals surface area contributed by atoms with E-state index in [1.165, 1.54) is 4.88 Å². The minimum atomic E-state index is -0.514. The van der Waals surface area contributed by atoms with Crippen LogP contribution < -0.4 is 0 Å². The molecule has 0 aliphatic heterocycles. The van der Waals surface area contributed by atoms with Gasteiger partial charge in [0.05, 0.1) is 6.54 Å². The minimum absolute atomic E-state index is 0.00230. The Morgan fingerprint density at radius 3 is 2.14 bits per heavy atom. The van der Waals surface area contributed by atoms with Crippen molar-refractivity contribution in [2.45, 2.75) is 60.7 Å². The lowest BCUT2D eigenvalue weighted by Crippen LogP contribution is -2.49. The highest BCUT2D eigenvalue weighted by atomic mass is 32.1. The summed E-state index contributed by atoms with van der Waals surface area (Å²) in [5.74, 6) is -0.0244. The van der Waals surface area contributed by atoms with Gasteiger partial charge in [-0.2, -0.15) is 0 Å². The van der Waals surface area contributed by atoms with Crippen LogP contribution in [-0.4, -0.2) is 34.2 Å². The van der Waals surface area contributed by atoms with Gasteiger partial charge in [0, 0.05) is 27.8 Å². The van der Waals surface area contributed by atoms with E-state index in [1.807, 2.05) is 69.9 Å². The summed E-state index contributed by atoms with van der Waals surface area (Å²) in [6.45, 7) is 12.9. The van der Waals surface area contributed by atoms with Gasteiger partial charge in [0.1, 0.15) is 6.54 Å². The second-order valence-electron chi connectivity index (χ2n) is 8.52. The number of carbonyl (C=O) groups excluding carboxylic acids is 2. The van der Waals surface area contributed by atoms with Crippen LogP contribution in [0.25, 0.3) is 0 Å². The number of aryl methyl sites for hydroxylation is 1. The molecule has 0 aliphatic carbocycles. The van der Waals surface area contributed by atoms with E-state index in [-0.39, 0.29) is 24.4 Å². The van der Waals surface area contributed by atoms with Crippen LogP contribution in [0.1, 0.15) is 49.9 Å². The zero-order valence-electron chi connectivity index (χ0n) is 17.9. The van der Waals surface area contributed by atoms with Gasteiger partial charge in [-0.15, -0.1) is 11.3 Å². The maximum Gasteiger partial charge on any atom is 0.242 e. The maximum atomic E-state index is 13.2. The number of benzene rings is 1. The van der Waals surface area contributed by atoms with Gasteiger partial charge in [-0.1, -0.05) is 51.1 Å². The first kappa shape index (κ1) is 22.2. The average molecular weight is 401 g/mol. The van der Waals surface area contributed by atoms with Crippen LogP contribution in [0.4, 0.5) is 0 Å². The fourth-order valence-electron chi connectivity index (χ4n) is 2.96. The smallest absolute Gasteiger partial charge is 0.242 e. The lowest BCUT2D eigenvalue weighted by Gasteiger charge is -2.34. The molecular formula is C23H32N2O2S. The van der Waals surface area contributed by atoms with Gasteiger partial charge in [-0.25, -0.2) is 0 Å². The van der Waals surface area contributed by atoms with E-state index in [9.17, 15) is 9.59 Å². The van der Waals surface area contributed by atoms with Gasteiger partial charge < -0.3 is 9.80 Å². The van der Waals surface area contributed by atoms with Crippen LogP contribution in [0.15, 0.2) is 42.5 Å². The number of nitrogens with zero attached hydrogens (tertiary/aromatic N) is 2. The van der Waals surface area contributed by atoms with E-state index in [0.29, 0.717) is 13.1 Å². The van der Waals surface area contributed by atoms with E-state index in [4.69, 9.17) is 0 Å². The molecule has 4 nitrogen and oxygen atoms in total. The third kappa shape index (κ3) is 6.20. The quantitative estimate of drug-likeness (QED) is 0.665. The molecule has 0 N–H and O–H groups in total. The highest BCUT2D eigenvalue weighted by Crippen LogP contribution is 2.21. The van der Waals surface area contributed by atoms with Crippen LogP contribution >= 0.6 is 11.3 Å². The molecule has 0 saturated carbocycles. The van der Waals surface area contributed by atoms with E-state index >= 15 is 0 Å². The van der Waals surface area contributed by atoms with Crippen LogP contribution in [-0.2, 0) is 22.7 Å². The molecule has 0 saturated heterocycles. The molecule has 5 heteroatoms. The van der Waals surface area contributed by atoms with E-state index in [0.717, 1.165) is 10.4 Å². The van der Waals surface area contributed by atoms with Crippen molar-refractivity contribution in [1.29, 1.82) is 0 Å². The topological polar surface area (TPSA) is 40.6 Å². The Morgan fingerprint density at radius 1 is 1.00 bits per heavy atom. The number of carbonyl (C=O) groups is 2. The van der Waals surface area contributed by atoms with Crippen molar-refractivity contribution >= 4 is 23.2 Å². The summed E-state index contributed by atoms with van der Waals surface area (Å²) >= 11 is 1.71. The summed E-state index contributed by atoms with van der Waals surface area (Å²) in [5, 5.41) is 0. The summed E-state index contributed by atoms with van der Waals surface area (Å²) in [7, 11) is 0. The van der Waals surface area contributed by atoms with E-state index in [1.54, 1.807) is 16.2 Å². The Morgan fingerprint density at radius 2 is 1.64 bits per heavy atom. The van der Waals surface area contributed by atoms with E-state index < -0.39 is 5.41 Å². The maximum absolute atomic E-state index is 13.2. The summed E-state index contributed by atoms with van der Waals surface area (Å²) in [6.07, 6.45) is 0. The average Bonchev–Trinajstić information content (AvgIpc) is 3.03. The Hall–Kier alpha value is -2.14. The third-order valence-corrected chi connectivity index (χ3v) is 5.53. The van der Waals surface area contributed by atoms with Crippen molar-refractivity contribution in [3.63, 3.8) is 0 Å². The molecule has 0 radical (unpaired) electrons. The fourth-order valence-corrected chi connectivity index (χ4v) is 3.87. The molecule has 28 heavy (non-hydrogen) atoms. The van der Waals surface area contributed by atoms with Crippen LogP contribution in [0, 0.1) is 12.3 Å². The van der Waals surface area contributed by atoms with Crippen molar-refractivity contribution in [1.82, 2.24) is 9.80 Å². The standard InChI is InChI=1S/C23H32N2O2S/c1-17(2)25(22(27)23(4,5)6)16-21(26)24(14-19-10-8-7-9-11-19)15-20-13-12-18(3)28-20/h7-13,17H,14-16H2,1-6H3. The van der Waals surface area contributed by atoms with Crippen LogP contribution in [0.2, 0.25) is 0 Å². The fraction of sp³-hybridized carbons (Fsp3) is 0.478. The normalized spacial score (nSPS) is 11.5. The lowest BCUT2D eigenvalue weighted by atomic mass is 9.94. The van der Waals surface area contributed by atoms with Gasteiger partial charge in [0.2, 0.25) is 11.8 Å². The van der Waals surface area contributed by atoms with Crippen molar-refractivity contribution in [3.05, 3.63) is 57.8 Å². The molecule has 0 bridgehead atoms. The summed E-state index contributed by atoms with van der Waals surface area (Å²) in [5.41, 5.74) is 0.571. The number of rotatable bonds is 7. The molecule has 152 valence electrons. The molecule has 1 aromatic heterocycles. The number of hydrogen-bond donors (Lipinski definition) is 0. The second-order valence-corrected chi connectivity index (χ2v) is 9.90. The van der Waals surface area contributed by atoms with Gasteiger partial charge >= 0.3 is 0 Å².